The molecular weight excluding hydrogens is 194 g/mol. The summed E-state index contributed by atoms with van der Waals surface area (Å²) in [6, 6.07) is 0. The minimum absolute atomic E-state index is 0.0615. The van der Waals surface area contributed by atoms with Crippen LogP contribution in [-0.4, -0.2) is 41.4 Å². The average molecular weight is 209 g/mol. The van der Waals surface area contributed by atoms with E-state index >= 15 is 0 Å². The molecule has 0 aliphatic carbocycles. The van der Waals surface area contributed by atoms with Crippen LogP contribution in [0.15, 0.2) is 12.4 Å². The highest BCUT2D eigenvalue weighted by atomic mass is 16.5. The van der Waals surface area contributed by atoms with Crippen LogP contribution in [0.4, 0.5) is 5.82 Å². The summed E-state index contributed by atoms with van der Waals surface area (Å²) in [5, 5.41) is 8.84. The molecule has 0 aromatic carbocycles. The van der Waals surface area contributed by atoms with E-state index in [1.165, 1.54) is 0 Å². The molecule has 0 saturated carbocycles. The van der Waals surface area contributed by atoms with E-state index < -0.39 is 0 Å². The van der Waals surface area contributed by atoms with Crippen LogP contribution >= 0.6 is 0 Å². The first kappa shape index (κ1) is 10.3. The Hall–Kier alpha value is -1.20. The zero-order valence-corrected chi connectivity index (χ0v) is 8.76. The SMILES string of the molecule is COC1CCN(c2cnc(CO)cn2)C1. The second kappa shape index (κ2) is 4.55. The smallest absolute Gasteiger partial charge is 0.147 e. The van der Waals surface area contributed by atoms with Crippen molar-refractivity contribution in [1.82, 2.24) is 9.97 Å². The van der Waals surface area contributed by atoms with Gasteiger partial charge in [-0.15, -0.1) is 0 Å². The van der Waals surface area contributed by atoms with Gasteiger partial charge in [0.25, 0.3) is 0 Å². The van der Waals surface area contributed by atoms with Crippen molar-refractivity contribution < 1.29 is 9.84 Å². The number of aromatic nitrogens is 2. The Balaban J connectivity index is 2.04. The van der Waals surface area contributed by atoms with Gasteiger partial charge in [-0.1, -0.05) is 0 Å². The molecule has 15 heavy (non-hydrogen) atoms. The number of methoxy groups -OCH3 is 1. The normalized spacial score (nSPS) is 20.9. The molecule has 5 heteroatoms. The minimum Gasteiger partial charge on any atom is -0.390 e. The lowest BCUT2D eigenvalue weighted by atomic mass is 10.3. The second-order valence-electron chi connectivity index (χ2n) is 3.62. The molecule has 1 atom stereocenters. The summed E-state index contributed by atoms with van der Waals surface area (Å²) < 4.78 is 5.28. The zero-order valence-electron chi connectivity index (χ0n) is 8.76. The van der Waals surface area contributed by atoms with Crippen LogP contribution in [0.1, 0.15) is 12.1 Å². The highest BCUT2D eigenvalue weighted by molar-refractivity contribution is 5.37. The standard InChI is InChI=1S/C10H15N3O2/c1-15-9-2-3-13(6-9)10-5-11-8(7-14)4-12-10/h4-5,9,14H,2-3,6-7H2,1H3. The van der Waals surface area contributed by atoms with Crippen LogP contribution in [-0.2, 0) is 11.3 Å². The van der Waals surface area contributed by atoms with Crippen LogP contribution in [0, 0.1) is 0 Å². The van der Waals surface area contributed by atoms with Crippen molar-refractivity contribution in [2.75, 3.05) is 25.1 Å². The molecule has 0 amide bonds. The van der Waals surface area contributed by atoms with E-state index in [1.807, 2.05) is 0 Å². The fourth-order valence-electron chi connectivity index (χ4n) is 1.72. The molecule has 2 heterocycles. The Bertz CT molecular complexity index is 315. The number of aliphatic hydroxyl groups excluding tert-OH is 1. The predicted octanol–water partition coefficient (Wildman–Crippen LogP) is 0.194. The highest BCUT2D eigenvalue weighted by Gasteiger charge is 2.22. The molecule has 1 aromatic rings. The van der Waals surface area contributed by atoms with E-state index in [9.17, 15) is 0 Å². The van der Waals surface area contributed by atoms with Gasteiger partial charge in [0.15, 0.2) is 0 Å². The molecule has 82 valence electrons. The molecule has 1 fully saturated rings. The zero-order chi connectivity index (χ0) is 10.7. The lowest BCUT2D eigenvalue weighted by Gasteiger charge is -2.16. The maximum Gasteiger partial charge on any atom is 0.147 e. The molecule has 0 bridgehead atoms. The van der Waals surface area contributed by atoms with Crippen LogP contribution < -0.4 is 4.90 Å². The molecule has 0 spiro atoms. The van der Waals surface area contributed by atoms with Crippen molar-refractivity contribution in [3.8, 4) is 0 Å². The maximum atomic E-state index is 8.84. The lowest BCUT2D eigenvalue weighted by Crippen LogP contribution is -2.23. The van der Waals surface area contributed by atoms with Crippen LogP contribution in [0.25, 0.3) is 0 Å². The Morgan fingerprint density at radius 1 is 1.53 bits per heavy atom. The Morgan fingerprint density at radius 2 is 2.40 bits per heavy atom. The number of rotatable bonds is 3. The van der Waals surface area contributed by atoms with Gasteiger partial charge >= 0.3 is 0 Å². The van der Waals surface area contributed by atoms with Gasteiger partial charge in [0, 0.05) is 20.2 Å². The third-order valence-corrected chi connectivity index (χ3v) is 2.66. The molecule has 1 unspecified atom stereocenters. The summed E-state index contributed by atoms with van der Waals surface area (Å²) in [7, 11) is 1.73. The topological polar surface area (TPSA) is 58.5 Å². The van der Waals surface area contributed by atoms with E-state index in [-0.39, 0.29) is 6.61 Å². The van der Waals surface area contributed by atoms with Gasteiger partial charge in [0.1, 0.15) is 5.82 Å². The lowest BCUT2D eigenvalue weighted by molar-refractivity contribution is 0.121. The second-order valence-corrected chi connectivity index (χ2v) is 3.62. The molecule has 5 nitrogen and oxygen atoms in total. The molecule has 2 rings (SSSR count). The Labute approximate surface area is 88.7 Å². The predicted molar refractivity (Wildman–Crippen MR) is 55.6 cm³/mol. The third kappa shape index (κ3) is 2.24. The van der Waals surface area contributed by atoms with E-state index in [0.717, 1.165) is 25.3 Å². The molecule has 1 aliphatic heterocycles. The number of nitrogens with zero attached hydrogens (tertiary/aromatic N) is 3. The van der Waals surface area contributed by atoms with Crippen molar-refractivity contribution in [3.63, 3.8) is 0 Å². The third-order valence-electron chi connectivity index (χ3n) is 2.66. The number of hydrogen-bond donors (Lipinski definition) is 1. The fraction of sp³-hybridized carbons (Fsp3) is 0.600. The van der Waals surface area contributed by atoms with E-state index in [2.05, 4.69) is 14.9 Å². The summed E-state index contributed by atoms with van der Waals surface area (Å²) in [5.74, 6) is 0.853. The first-order valence-electron chi connectivity index (χ1n) is 5.03. The fourth-order valence-corrected chi connectivity index (χ4v) is 1.72. The van der Waals surface area contributed by atoms with Gasteiger partial charge in [-0.2, -0.15) is 0 Å². The summed E-state index contributed by atoms with van der Waals surface area (Å²) in [6.07, 6.45) is 4.63. The van der Waals surface area contributed by atoms with Gasteiger partial charge in [0.05, 0.1) is 30.8 Å². The van der Waals surface area contributed by atoms with Gasteiger partial charge in [-0.25, -0.2) is 4.98 Å². The van der Waals surface area contributed by atoms with Crippen molar-refractivity contribution in [3.05, 3.63) is 18.1 Å². The summed E-state index contributed by atoms with van der Waals surface area (Å²) >= 11 is 0. The summed E-state index contributed by atoms with van der Waals surface area (Å²) in [6.45, 7) is 1.75. The number of ether oxygens (including phenoxy) is 1. The van der Waals surface area contributed by atoms with E-state index in [0.29, 0.717) is 11.8 Å². The first-order chi connectivity index (χ1) is 7.33. The van der Waals surface area contributed by atoms with E-state index in [1.54, 1.807) is 19.5 Å². The number of hydrogen-bond acceptors (Lipinski definition) is 5. The summed E-state index contributed by atoms with van der Waals surface area (Å²) in [4.78, 5) is 10.5. The van der Waals surface area contributed by atoms with E-state index in [4.69, 9.17) is 9.84 Å². The largest absolute Gasteiger partial charge is 0.390 e. The Kier molecular flexibility index (Phi) is 3.13. The van der Waals surface area contributed by atoms with Crippen molar-refractivity contribution >= 4 is 5.82 Å². The van der Waals surface area contributed by atoms with Gasteiger partial charge in [0.2, 0.25) is 0 Å². The van der Waals surface area contributed by atoms with Crippen molar-refractivity contribution in [2.45, 2.75) is 19.1 Å². The highest BCUT2D eigenvalue weighted by Crippen LogP contribution is 2.18. The van der Waals surface area contributed by atoms with Crippen LogP contribution in [0.3, 0.4) is 0 Å². The minimum atomic E-state index is -0.0615. The molecular formula is C10H15N3O2. The maximum absolute atomic E-state index is 8.84. The van der Waals surface area contributed by atoms with Crippen molar-refractivity contribution in [2.24, 2.45) is 0 Å². The average Bonchev–Trinajstić information content (AvgIpc) is 2.78. The van der Waals surface area contributed by atoms with Gasteiger partial charge in [-0.3, -0.25) is 4.98 Å². The van der Waals surface area contributed by atoms with Crippen LogP contribution in [0.5, 0.6) is 0 Å². The first-order valence-corrected chi connectivity index (χ1v) is 5.03. The molecule has 1 aromatic heterocycles. The van der Waals surface area contributed by atoms with Gasteiger partial charge < -0.3 is 14.7 Å². The molecule has 1 aliphatic rings. The molecule has 1 saturated heterocycles. The number of aliphatic hydroxyl groups is 1. The van der Waals surface area contributed by atoms with Gasteiger partial charge in [-0.05, 0) is 6.42 Å². The molecule has 1 N–H and O–H groups in total. The van der Waals surface area contributed by atoms with Crippen LogP contribution in [0.2, 0.25) is 0 Å². The summed E-state index contributed by atoms with van der Waals surface area (Å²) in [5.41, 5.74) is 0.598. The monoisotopic (exact) mass is 209 g/mol. The van der Waals surface area contributed by atoms with Crippen molar-refractivity contribution in [1.29, 1.82) is 0 Å². The quantitative estimate of drug-likeness (QED) is 0.770. The number of anilines is 1. The molecule has 0 radical (unpaired) electrons. The Morgan fingerprint density at radius 3 is 2.93 bits per heavy atom.